The molecule has 2 N–H and O–H groups in total. The smallest absolute Gasteiger partial charge is 0.235 e. The summed E-state index contributed by atoms with van der Waals surface area (Å²) in [4.78, 5) is 25.6. The molecule has 0 aliphatic heterocycles. The third kappa shape index (κ3) is 5.72. The van der Waals surface area contributed by atoms with Crippen LogP contribution in [0.3, 0.4) is 0 Å². The summed E-state index contributed by atoms with van der Waals surface area (Å²) in [5, 5.41) is 14.9. The van der Waals surface area contributed by atoms with Crippen molar-refractivity contribution >= 4 is 11.8 Å². The van der Waals surface area contributed by atoms with Crippen molar-refractivity contribution in [2.24, 2.45) is 0 Å². The van der Waals surface area contributed by atoms with Crippen molar-refractivity contribution in [1.82, 2.24) is 15.5 Å². The molecule has 118 valence electrons. The Morgan fingerprint density at radius 1 is 1.24 bits per heavy atom. The molecule has 6 heteroatoms. The van der Waals surface area contributed by atoms with E-state index in [0.717, 1.165) is 25.7 Å². The molecule has 0 radical (unpaired) electrons. The minimum Gasteiger partial charge on any atom is -0.353 e. The first-order chi connectivity index (χ1) is 9.90. The summed E-state index contributed by atoms with van der Waals surface area (Å²) in [6.07, 6.45) is 3.38. The molecule has 1 rings (SSSR count). The third-order valence-electron chi connectivity index (χ3n) is 3.68. The first-order valence-corrected chi connectivity index (χ1v) is 7.65. The van der Waals surface area contributed by atoms with E-state index >= 15 is 0 Å². The van der Waals surface area contributed by atoms with Gasteiger partial charge in [-0.2, -0.15) is 5.26 Å². The zero-order valence-corrected chi connectivity index (χ0v) is 13.2. The second-order valence-electron chi connectivity index (χ2n) is 5.97. The van der Waals surface area contributed by atoms with Gasteiger partial charge in [-0.1, -0.05) is 6.92 Å². The lowest BCUT2D eigenvalue weighted by Gasteiger charge is -2.25. The summed E-state index contributed by atoms with van der Waals surface area (Å²) in [6.45, 7) is 6.66. The molecule has 1 saturated carbocycles. The fraction of sp³-hybridized carbons (Fsp3) is 0.800. The Hall–Kier alpha value is -1.61. The molecule has 0 aromatic heterocycles. The van der Waals surface area contributed by atoms with Crippen LogP contribution in [0.2, 0.25) is 0 Å². The highest BCUT2D eigenvalue weighted by Crippen LogP contribution is 2.28. The van der Waals surface area contributed by atoms with Gasteiger partial charge in [0.25, 0.3) is 0 Å². The number of nitrogens with zero attached hydrogens (tertiary/aromatic N) is 2. The fourth-order valence-corrected chi connectivity index (χ4v) is 2.60. The predicted molar refractivity (Wildman–Crippen MR) is 80.3 cm³/mol. The zero-order valence-electron chi connectivity index (χ0n) is 13.2. The fourth-order valence-electron chi connectivity index (χ4n) is 2.60. The number of hydrogen-bond acceptors (Lipinski definition) is 4. The third-order valence-corrected chi connectivity index (χ3v) is 3.68. The highest BCUT2D eigenvalue weighted by atomic mass is 16.2. The number of rotatable bonds is 7. The van der Waals surface area contributed by atoms with E-state index in [-0.39, 0.29) is 30.9 Å². The van der Waals surface area contributed by atoms with Crippen molar-refractivity contribution in [3.63, 3.8) is 0 Å². The second kappa shape index (κ2) is 7.99. The molecule has 0 aromatic carbocycles. The average molecular weight is 294 g/mol. The summed E-state index contributed by atoms with van der Waals surface area (Å²) < 4.78 is 0. The van der Waals surface area contributed by atoms with Crippen LogP contribution in [0, 0.1) is 11.3 Å². The van der Waals surface area contributed by atoms with Crippen LogP contribution >= 0.6 is 0 Å². The van der Waals surface area contributed by atoms with Crippen molar-refractivity contribution in [1.29, 1.82) is 5.26 Å². The van der Waals surface area contributed by atoms with Crippen LogP contribution < -0.4 is 10.6 Å². The molecule has 2 amide bonds. The van der Waals surface area contributed by atoms with Crippen LogP contribution in [0.15, 0.2) is 0 Å². The summed E-state index contributed by atoms with van der Waals surface area (Å²) in [5.41, 5.74) is -0.698. The first kappa shape index (κ1) is 17.4. The minimum absolute atomic E-state index is 0.0875. The van der Waals surface area contributed by atoms with E-state index in [1.165, 1.54) is 0 Å². The molecule has 1 fully saturated rings. The lowest BCUT2D eigenvalue weighted by Crippen LogP contribution is -2.50. The van der Waals surface area contributed by atoms with Crippen LogP contribution in [0.25, 0.3) is 0 Å². The number of amides is 2. The number of carbonyl (C=O) groups excluding carboxylic acids is 2. The summed E-state index contributed by atoms with van der Waals surface area (Å²) in [7, 11) is 0. The average Bonchev–Trinajstić information content (AvgIpc) is 2.85. The number of nitrogens with one attached hydrogen (secondary N) is 2. The highest BCUT2D eigenvalue weighted by molar-refractivity contribution is 5.82. The van der Waals surface area contributed by atoms with Crippen molar-refractivity contribution in [3.8, 4) is 6.07 Å². The Morgan fingerprint density at radius 3 is 2.29 bits per heavy atom. The Balaban J connectivity index is 2.47. The van der Waals surface area contributed by atoms with E-state index in [1.807, 2.05) is 20.8 Å². The number of nitriles is 1. The topological polar surface area (TPSA) is 85.2 Å². The normalized spacial score (nSPS) is 16.8. The molecule has 1 aliphatic rings. The Bertz CT molecular complexity index is 408. The molecule has 0 heterocycles. The van der Waals surface area contributed by atoms with Gasteiger partial charge in [0.05, 0.1) is 19.2 Å². The summed E-state index contributed by atoms with van der Waals surface area (Å²) in [6, 6.07) is 2.33. The van der Waals surface area contributed by atoms with Gasteiger partial charge in [0.2, 0.25) is 11.8 Å². The summed E-state index contributed by atoms with van der Waals surface area (Å²) >= 11 is 0. The molecule has 0 unspecified atom stereocenters. The van der Waals surface area contributed by atoms with E-state index in [0.29, 0.717) is 6.54 Å². The van der Waals surface area contributed by atoms with E-state index < -0.39 is 5.54 Å². The van der Waals surface area contributed by atoms with Crippen LogP contribution in [-0.4, -0.2) is 47.9 Å². The van der Waals surface area contributed by atoms with Gasteiger partial charge in [-0.25, -0.2) is 0 Å². The van der Waals surface area contributed by atoms with Gasteiger partial charge in [-0.15, -0.1) is 0 Å². The molecule has 0 saturated heterocycles. The van der Waals surface area contributed by atoms with E-state index in [4.69, 9.17) is 0 Å². The van der Waals surface area contributed by atoms with Crippen LogP contribution in [-0.2, 0) is 9.59 Å². The van der Waals surface area contributed by atoms with Gasteiger partial charge in [0.15, 0.2) is 0 Å². The summed E-state index contributed by atoms with van der Waals surface area (Å²) in [5.74, 6) is -0.270. The van der Waals surface area contributed by atoms with E-state index in [9.17, 15) is 14.9 Å². The molecule has 1 aliphatic carbocycles. The van der Waals surface area contributed by atoms with Crippen LogP contribution in [0.1, 0.15) is 46.5 Å². The van der Waals surface area contributed by atoms with Crippen molar-refractivity contribution in [2.75, 3.05) is 19.6 Å². The number of carbonyl (C=O) groups is 2. The highest BCUT2D eigenvalue weighted by Gasteiger charge is 2.35. The molecule has 0 bridgehead atoms. The molecule has 0 atom stereocenters. The molecule has 0 aromatic rings. The number of likely N-dealkylation sites (N-methyl/N-ethyl adjacent to an activating group) is 1. The maximum atomic E-state index is 12.1. The quantitative estimate of drug-likeness (QED) is 0.727. The van der Waals surface area contributed by atoms with Gasteiger partial charge in [0.1, 0.15) is 5.54 Å². The maximum absolute atomic E-state index is 12.1. The number of hydrogen-bond donors (Lipinski definition) is 2. The molecule has 6 nitrogen and oxygen atoms in total. The van der Waals surface area contributed by atoms with Crippen LogP contribution in [0.5, 0.6) is 0 Å². The zero-order chi connectivity index (χ0) is 15.9. The van der Waals surface area contributed by atoms with Crippen LogP contribution in [0.4, 0.5) is 0 Å². The van der Waals surface area contributed by atoms with Crippen molar-refractivity contribution in [2.45, 2.75) is 58.0 Å². The SMILES string of the molecule is CCN(CC(=O)NC(C)C)CC(=O)NC1(C#N)CCCC1. The minimum atomic E-state index is -0.698. The molecule has 21 heavy (non-hydrogen) atoms. The van der Waals surface area contributed by atoms with Gasteiger partial charge in [-0.05, 0) is 46.1 Å². The van der Waals surface area contributed by atoms with Gasteiger partial charge in [-0.3, -0.25) is 14.5 Å². The predicted octanol–water partition coefficient (Wildman–Crippen LogP) is 0.785. The van der Waals surface area contributed by atoms with Gasteiger partial charge in [0, 0.05) is 6.04 Å². The second-order valence-corrected chi connectivity index (χ2v) is 5.97. The molecular weight excluding hydrogens is 268 g/mol. The first-order valence-electron chi connectivity index (χ1n) is 7.65. The lowest BCUT2D eigenvalue weighted by molar-refractivity contribution is -0.126. The standard InChI is InChI=1S/C15H26N4O2/c1-4-19(9-13(20)17-12(2)3)10-14(21)18-15(11-16)7-5-6-8-15/h12H,4-10H2,1-3H3,(H,17,20)(H,18,21). The maximum Gasteiger partial charge on any atom is 0.235 e. The monoisotopic (exact) mass is 294 g/mol. The molecular formula is C15H26N4O2. The van der Waals surface area contributed by atoms with Gasteiger partial charge >= 0.3 is 0 Å². The molecule has 0 spiro atoms. The van der Waals surface area contributed by atoms with Crippen molar-refractivity contribution in [3.05, 3.63) is 0 Å². The van der Waals surface area contributed by atoms with E-state index in [1.54, 1.807) is 4.90 Å². The Kier molecular flexibility index (Phi) is 6.63. The largest absolute Gasteiger partial charge is 0.353 e. The van der Waals surface area contributed by atoms with E-state index in [2.05, 4.69) is 16.7 Å². The van der Waals surface area contributed by atoms with Crippen molar-refractivity contribution < 1.29 is 9.59 Å². The van der Waals surface area contributed by atoms with Gasteiger partial charge < -0.3 is 10.6 Å². The Morgan fingerprint density at radius 2 is 1.81 bits per heavy atom. The lowest BCUT2D eigenvalue weighted by atomic mass is 10.00. The Labute approximate surface area is 126 Å².